The molecule has 0 bridgehead atoms. The lowest BCUT2D eigenvalue weighted by atomic mass is 9.78. The number of halogens is 1. The van der Waals surface area contributed by atoms with Gasteiger partial charge in [-0.25, -0.2) is 19.5 Å². The summed E-state index contributed by atoms with van der Waals surface area (Å²) >= 11 is 0. The van der Waals surface area contributed by atoms with E-state index >= 15 is 0 Å². The van der Waals surface area contributed by atoms with Gasteiger partial charge in [-0.2, -0.15) is 0 Å². The molecule has 1 saturated heterocycles. The minimum atomic E-state index is -0.668. The molecule has 3 aromatic rings. The first-order valence-corrected chi connectivity index (χ1v) is 13.0. The fraction of sp³-hybridized carbons (Fsp3) is 0.333. The highest BCUT2D eigenvalue weighted by molar-refractivity contribution is 6.06. The van der Waals surface area contributed by atoms with E-state index in [2.05, 4.69) is 10.3 Å². The van der Waals surface area contributed by atoms with Crippen molar-refractivity contribution < 1.29 is 24.1 Å². The molecule has 6 rings (SSSR count). The fourth-order valence-electron chi connectivity index (χ4n) is 6.31. The van der Waals surface area contributed by atoms with E-state index in [0.717, 1.165) is 22.4 Å². The van der Waals surface area contributed by atoms with Crippen molar-refractivity contribution in [1.29, 1.82) is 0 Å². The van der Waals surface area contributed by atoms with Crippen LogP contribution in [0.4, 0.5) is 15.9 Å². The number of fused-ring (bicyclic) bond motifs is 3. The van der Waals surface area contributed by atoms with Crippen LogP contribution in [0.15, 0.2) is 60.8 Å². The van der Waals surface area contributed by atoms with E-state index in [4.69, 9.17) is 0 Å². The summed E-state index contributed by atoms with van der Waals surface area (Å²) in [6.45, 7) is 3.70. The maximum Gasteiger partial charge on any atom is 0.334 e. The predicted molar refractivity (Wildman–Crippen MR) is 139 cm³/mol. The second kappa shape index (κ2) is 8.84. The van der Waals surface area contributed by atoms with Crippen LogP contribution in [-0.2, 0) is 32.6 Å². The van der Waals surface area contributed by atoms with Crippen molar-refractivity contribution in [3.05, 3.63) is 88.9 Å². The molecule has 0 unspecified atom stereocenters. The average Bonchev–Trinajstić information content (AvgIpc) is 3.39. The summed E-state index contributed by atoms with van der Waals surface area (Å²) in [7, 11) is 0. The largest absolute Gasteiger partial charge is 0.334 e. The number of primary amides is 1. The highest BCUT2D eigenvalue weighted by atomic mass is 19.1. The molecule has 38 heavy (non-hydrogen) atoms. The topological polar surface area (TPSA) is 96.0 Å². The van der Waals surface area contributed by atoms with Gasteiger partial charge < -0.3 is 10.2 Å². The van der Waals surface area contributed by atoms with E-state index in [-0.39, 0.29) is 36.1 Å². The third-order valence-corrected chi connectivity index (χ3v) is 8.35. The number of likely N-dealkylation sites (tertiary alicyclic amines) is 1. The molecule has 8 heteroatoms. The van der Waals surface area contributed by atoms with Gasteiger partial charge in [-0.15, -0.1) is 0 Å². The summed E-state index contributed by atoms with van der Waals surface area (Å²) in [5, 5.41) is 4.48. The molecule has 0 radical (unpaired) electrons. The zero-order valence-corrected chi connectivity index (χ0v) is 21.5. The summed E-state index contributed by atoms with van der Waals surface area (Å²) in [5.41, 5.74) is 3.22. The van der Waals surface area contributed by atoms with Crippen LogP contribution in [-0.4, -0.2) is 34.2 Å². The lowest BCUT2D eigenvalue weighted by Gasteiger charge is -2.42. The van der Waals surface area contributed by atoms with Gasteiger partial charge in [-0.05, 0) is 66.6 Å². The number of rotatable bonds is 4. The van der Waals surface area contributed by atoms with Gasteiger partial charge in [-0.3, -0.25) is 9.59 Å². The first-order chi connectivity index (χ1) is 18.2. The monoisotopic (exact) mass is 513 g/mol. The van der Waals surface area contributed by atoms with Crippen molar-refractivity contribution in [1.82, 2.24) is 9.88 Å². The smallest absolute Gasteiger partial charge is 0.322 e. The summed E-state index contributed by atoms with van der Waals surface area (Å²) in [6, 6.07) is 15.6. The Hall–Kier alpha value is -3.91. The fourth-order valence-corrected chi connectivity index (χ4v) is 6.31. The number of hydrogen-bond acceptors (Lipinski definition) is 4. The Bertz CT molecular complexity index is 1490. The van der Waals surface area contributed by atoms with E-state index in [1.165, 1.54) is 12.1 Å². The number of anilines is 1. The molecule has 194 valence electrons. The number of benzene rings is 2. The highest BCUT2D eigenvalue weighted by Gasteiger charge is 2.51. The van der Waals surface area contributed by atoms with Crippen molar-refractivity contribution in [3.8, 4) is 0 Å². The molecule has 2 atom stereocenters. The Morgan fingerprint density at radius 3 is 2.74 bits per heavy atom. The summed E-state index contributed by atoms with van der Waals surface area (Å²) in [6.07, 6.45) is 4.14. The first kappa shape index (κ1) is 24.4. The standard InChI is InChI=1S/C30H29FN4O3/c1-29(2)11-10-24(18-5-3-6-21(31)13-18)35(28(29)38)17-25(36)33-22-9-8-19-15-30(16-20(19)14-22)23-7-4-12-32-26(23)34-27(30)37/h3-9,12-14,24H,10-11,15-17H2,1-2H3,(H,33,36)(H,32,34,37)/p+1/t24-,30+/m0/s1. The van der Waals surface area contributed by atoms with E-state index in [1.807, 2.05) is 50.2 Å². The van der Waals surface area contributed by atoms with Crippen molar-refractivity contribution in [3.63, 3.8) is 0 Å². The number of amides is 3. The number of carbonyl (C=O) groups is 3. The maximum atomic E-state index is 14.0. The second-order valence-corrected chi connectivity index (χ2v) is 11.4. The van der Waals surface area contributed by atoms with Gasteiger partial charge in [0.2, 0.25) is 11.8 Å². The zero-order chi connectivity index (χ0) is 26.7. The van der Waals surface area contributed by atoms with E-state index < -0.39 is 10.8 Å². The quantitative estimate of drug-likeness (QED) is 0.523. The van der Waals surface area contributed by atoms with Crippen LogP contribution in [0, 0.1) is 11.2 Å². The first-order valence-electron chi connectivity index (χ1n) is 13.0. The predicted octanol–water partition coefficient (Wildman–Crippen LogP) is 3.32. The van der Waals surface area contributed by atoms with Crippen molar-refractivity contribution in [2.45, 2.75) is 51.0 Å². The molecule has 3 heterocycles. The number of nitrogens with zero attached hydrogens (tertiary/aromatic N) is 2. The van der Waals surface area contributed by atoms with Crippen LogP contribution in [0.25, 0.3) is 0 Å². The maximum absolute atomic E-state index is 14.0. The third-order valence-electron chi connectivity index (χ3n) is 8.35. The molecule has 1 aromatic heterocycles. The van der Waals surface area contributed by atoms with Gasteiger partial charge in [-0.1, -0.05) is 38.1 Å². The summed E-state index contributed by atoms with van der Waals surface area (Å²) < 4.78 is 14.0. The highest BCUT2D eigenvalue weighted by Crippen LogP contribution is 2.46. The SMILES string of the molecule is CC1(C)CC[C@@H](c2cccc(F)c2)N(CC(=O)[NH2+]c2ccc3c(c2)C[C@@]2(C3)C(=O)Nc3ncccc32)C1=O. The van der Waals surface area contributed by atoms with Crippen LogP contribution in [0.2, 0.25) is 0 Å². The van der Waals surface area contributed by atoms with Gasteiger partial charge in [0.15, 0.2) is 0 Å². The molecule has 0 saturated carbocycles. The number of carbonyl (C=O) groups excluding carboxylic acids is 3. The van der Waals surface area contributed by atoms with Crippen LogP contribution in [0.1, 0.15) is 55.0 Å². The zero-order valence-electron chi connectivity index (χ0n) is 21.5. The van der Waals surface area contributed by atoms with Gasteiger partial charge in [0.1, 0.15) is 23.9 Å². The van der Waals surface area contributed by atoms with E-state index in [9.17, 15) is 18.8 Å². The normalized spacial score (nSPS) is 23.3. The van der Waals surface area contributed by atoms with Crippen molar-refractivity contribution >= 4 is 29.2 Å². The average molecular weight is 514 g/mol. The third kappa shape index (κ3) is 4.00. The Labute approximate surface area is 220 Å². The summed E-state index contributed by atoms with van der Waals surface area (Å²) in [5.74, 6) is -0.0794. The molecule has 3 N–H and O–H groups in total. The molecule has 1 spiro atoms. The van der Waals surface area contributed by atoms with Crippen LogP contribution < -0.4 is 10.6 Å². The molecule has 2 aliphatic heterocycles. The number of nitrogens with two attached hydrogens (primary N) is 1. The van der Waals surface area contributed by atoms with E-state index in [1.54, 1.807) is 22.5 Å². The molecule has 3 amide bonds. The molecule has 3 aliphatic rings. The molecule has 2 aromatic carbocycles. The Kier molecular flexibility index (Phi) is 5.68. The molecular formula is C30H30FN4O3+. The molecular weight excluding hydrogens is 483 g/mol. The van der Waals surface area contributed by atoms with Gasteiger partial charge in [0.25, 0.3) is 0 Å². The van der Waals surface area contributed by atoms with Crippen LogP contribution >= 0.6 is 0 Å². The number of nitrogens with one attached hydrogen (secondary N) is 1. The van der Waals surface area contributed by atoms with Crippen molar-refractivity contribution in [2.24, 2.45) is 5.41 Å². The van der Waals surface area contributed by atoms with Gasteiger partial charge >= 0.3 is 5.91 Å². The minimum absolute atomic E-state index is 0.0429. The van der Waals surface area contributed by atoms with Gasteiger partial charge in [0.05, 0.1) is 11.5 Å². The number of aromatic nitrogens is 1. The van der Waals surface area contributed by atoms with Crippen molar-refractivity contribution in [2.75, 3.05) is 11.9 Å². The molecule has 1 aliphatic carbocycles. The number of pyridine rings is 1. The van der Waals surface area contributed by atoms with Crippen LogP contribution in [0.5, 0.6) is 0 Å². The number of hydrogen-bond donors (Lipinski definition) is 2. The minimum Gasteiger partial charge on any atom is -0.322 e. The van der Waals surface area contributed by atoms with E-state index in [0.29, 0.717) is 37.1 Å². The number of piperidine rings is 1. The Morgan fingerprint density at radius 2 is 1.92 bits per heavy atom. The Balaban J connectivity index is 1.21. The lowest BCUT2D eigenvalue weighted by Crippen LogP contribution is -2.84. The van der Waals surface area contributed by atoms with Gasteiger partial charge in [0, 0.05) is 23.2 Å². The lowest BCUT2D eigenvalue weighted by molar-refractivity contribution is -0.483. The summed E-state index contributed by atoms with van der Waals surface area (Å²) in [4.78, 5) is 45.5. The second-order valence-electron chi connectivity index (χ2n) is 11.4. The Morgan fingerprint density at radius 1 is 1.11 bits per heavy atom. The molecule has 7 nitrogen and oxygen atoms in total. The number of quaternary nitrogens is 1. The molecule has 1 fully saturated rings. The van der Waals surface area contributed by atoms with Crippen LogP contribution in [0.3, 0.4) is 0 Å².